The molecular formula is C13H20N2. The van der Waals surface area contributed by atoms with E-state index in [0.29, 0.717) is 0 Å². The fraction of sp³-hybridized carbons (Fsp3) is 0.538. The number of benzene rings is 1. The molecule has 1 aliphatic rings. The molecule has 0 aromatic heterocycles. The summed E-state index contributed by atoms with van der Waals surface area (Å²) >= 11 is 0. The SMILES string of the molecule is CN(C)c1cccc(CNCC2CC2)c1. The Morgan fingerprint density at radius 1 is 1.33 bits per heavy atom. The highest BCUT2D eigenvalue weighted by Gasteiger charge is 2.19. The van der Waals surface area contributed by atoms with Crippen LogP contribution in [-0.4, -0.2) is 20.6 Å². The average Bonchev–Trinajstić information content (AvgIpc) is 3.02. The zero-order valence-corrected chi connectivity index (χ0v) is 9.66. The Balaban J connectivity index is 1.86. The highest BCUT2D eigenvalue weighted by atomic mass is 15.1. The Bertz CT molecular complexity index is 316. The van der Waals surface area contributed by atoms with E-state index in [2.05, 4.69) is 48.6 Å². The third kappa shape index (κ3) is 3.24. The average molecular weight is 204 g/mol. The molecule has 0 unspecified atom stereocenters. The van der Waals surface area contributed by atoms with Gasteiger partial charge in [-0.1, -0.05) is 12.1 Å². The third-order valence-corrected chi connectivity index (χ3v) is 2.89. The maximum absolute atomic E-state index is 3.51. The summed E-state index contributed by atoms with van der Waals surface area (Å²) in [4.78, 5) is 2.14. The second-order valence-corrected chi connectivity index (χ2v) is 4.64. The quantitative estimate of drug-likeness (QED) is 0.791. The molecular weight excluding hydrogens is 184 g/mol. The van der Waals surface area contributed by atoms with E-state index >= 15 is 0 Å². The van der Waals surface area contributed by atoms with Crippen molar-refractivity contribution in [1.82, 2.24) is 5.32 Å². The maximum Gasteiger partial charge on any atom is 0.0364 e. The van der Waals surface area contributed by atoms with Crippen LogP contribution in [-0.2, 0) is 6.54 Å². The molecule has 1 fully saturated rings. The van der Waals surface area contributed by atoms with E-state index in [1.165, 1.54) is 30.6 Å². The molecule has 0 atom stereocenters. The van der Waals surface area contributed by atoms with Crippen LogP contribution in [0.1, 0.15) is 18.4 Å². The minimum atomic E-state index is 0.960. The van der Waals surface area contributed by atoms with Gasteiger partial charge in [-0.3, -0.25) is 0 Å². The van der Waals surface area contributed by atoms with E-state index in [1.54, 1.807) is 0 Å². The van der Waals surface area contributed by atoms with Gasteiger partial charge in [-0.05, 0) is 43.0 Å². The lowest BCUT2D eigenvalue weighted by atomic mass is 10.2. The predicted molar refractivity (Wildman–Crippen MR) is 65.2 cm³/mol. The van der Waals surface area contributed by atoms with Crippen molar-refractivity contribution in [2.24, 2.45) is 5.92 Å². The van der Waals surface area contributed by atoms with Gasteiger partial charge in [0.05, 0.1) is 0 Å². The molecule has 1 aromatic carbocycles. The van der Waals surface area contributed by atoms with Gasteiger partial charge in [0, 0.05) is 26.3 Å². The number of anilines is 1. The summed E-state index contributed by atoms with van der Waals surface area (Å²) in [5, 5.41) is 3.51. The molecule has 0 saturated heterocycles. The van der Waals surface area contributed by atoms with E-state index in [4.69, 9.17) is 0 Å². The molecule has 2 heteroatoms. The number of nitrogens with one attached hydrogen (secondary N) is 1. The fourth-order valence-corrected chi connectivity index (χ4v) is 1.69. The van der Waals surface area contributed by atoms with Crippen molar-refractivity contribution in [2.45, 2.75) is 19.4 Å². The molecule has 0 radical (unpaired) electrons. The van der Waals surface area contributed by atoms with Gasteiger partial charge in [0.25, 0.3) is 0 Å². The molecule has 1 saturated carbocycles. The van der Waals surface area contributed by atoms with Gasteiger partial charge in [0.15, 0.2) is 0 Å². The molecule has 0 heterocycles. The topological polar surface area (TPSA) is 15.3 Å². The van der Waals surface area contributed by atoms with Gasteiger partial charge in [-0.25, -0.2) is 0 Å². The smallest absolute Gasteiger partial charge is 0.0364 e. The summed E-state index contributed by atoms with van der Waals surface area (Å²) in [6, 6.07) is 8.71. The van der Waals surface area contributed by atoms with E-state index in [0.717, 1.165) is 12.5 Å². The van der Waals surface area contributed by atoms with Crippen LogP contribution >= 0.6 is 0 Å². The molecule has 0 amide bonds. The summed E-state index contributed by atoms with van der Waals surface area (Å²) in [6.07, 6.45) is 2.84. The molecule has 0 aliphatic heterocycles. The van der Waals surface area contributed by atoms with Crippen molar-refractivity contribution < 1.29 is 0 Å². The van der Waals surface area contributed by atoms with Gasteiger partial charge >= 0.3 is 0 Å². The van der Waals surface area contributed by atoms with E-state index in [9.17, 15) is 0 Å². The number of hydrogen-bond donors (Lipinski definition) is 1. The van der Waals surface area contributed by atoms with Crippen molar-refractivity contribution in [3.8, 4) is 0 Å². The minimum Gasteiger partial charge on any atom is -0.378 e. The van der Waals surface area contributed by atoms with Gasteiger partial charge in [-0.15, -0.1) is 0 Å². The zero-order valence-electron chi connectivity index (χ0n) is 9.66. The summed E-state index contributed by atoms with van der Waals surface area (Å²) in [7, 11) is 4.16. The lowest BCUT2D eigenvalue weighted by Gasteiger charge is -2.13. The second kappa shape index (κ2) is 4.67. The molecule has 1 aromatic rings. The highest BCUT2D eigenvalue weighted by Crippen LogP contribution is 2.27. The van der Waals surface area contributed by atoms with E-state index in [-0.39, 0.29) is 0 Å². The van der Waals surface area contributed by atoms with Gasteiger partial charge in [-0.2, -0.15) is 0 Å². The monoisotopic (exact) mass is 204 g/mol. The zero-order chi connectivity index (χ0) is 10.7. The lowest BCUT2D eigenvalue weighted by molar-refractivity contribution is 0.639. The maximum atomic E-state index is 3.51. The molecule has 82 valence electrons. The highest BCUT2D eigenvalue weighted by molar-refractivity contribution is 5.47. The fourth-order valence-electron chi connectivity index (χ4n) is 1.69. The van der Waals surface area contributed by atoms with Crippen molar-refractivity contribution in [3.63, 3.8) is 0 Å². The van der Waals surface area contributed by atoms with Crippen LogP contribution in [0.25, 0.3) is 0 Å². The Labute approximate surface area is 92.3 Å². The number of nitrogens with zero attached hydrogens (tertiary/aromatic N) is 1. The Kier molecular flexibility index (Phi) is 3.27. The molecule has 0 bridgehead atoms. The standard InChI is InChI=1S/C13H20N2/c1-15(2)13-5-3-4-12(8-13)10-14-9-11-6-7-11/h3-5,8,11,14H,6-7,9-10H2,1-2H3. The van der Waals surface area contributed by atoms with Crippen molar-refractivity contribution in [1.29, 1.82) is 0 Å². The van der Waals surface area contributed by atoms with Crippen LogP contribution in [0, 0.1) is 5.92 Å². The summed E-state index contributed by atoms with van der Waals surface area (Å²) < 4.78 is 0. The van der Waals surface area contributed by atoms with Crippen LogP contribution in [0.3, 0.4) is 0 Å². The lowest BCUT2D eigenvalue weighted by Crippen LogP contribution is -2.16. The molecule has 15 heavy (non-hydrogen) atoms. The second-order valence-electron chi connectivity index (χ2n) is 4.64. The van der Waals surface area contributed by atoms with Crippen molar-refractivity contribution in [2.75, 3.05) is 25.5 Å². The normalized spacial score (nSPS) is 15.3. The first-order chi connectivity index (χ1) is 7.25. The van der Waals surface area contributed by atoms with Gasteiger partial charge in [0.2, 0.25) is 0 Å². The van der Waals surface area contributed by atoms with Crippen LogP contribution < -0.4 is 10.2 Å². The Morgan fingerprint density at radius 2 is 2.13 bits per heavy atom. The van der Waals surface area contributed by atoms with Gasteiger partial charge in [0.1, 0.15) is 0 Å². The number of rotatable bonds is 5. The molecule has 2 nitrogen and oxygen atoms in total. The third-order valence-electron chi connectivity index (χ3n) is 2.89. The first-order valence-electron chi connectivity index (χ1n) is 5.72. The van der Waals surface area contributed by atoms with Crippen LogP contribution in [0.15, 0.2) is 24.3 Å². The van der Waals surface area contributed by atoms with E-state index in [1.807, 2.05) is 0 Å². The van der Waals surface area contributed by atoms with Gasteiger partial charge < -0.3 is 10.2 Å². The number of hydrogen-bond acceptors (Lipinski definition) is 2. The van der Waals surface area contributed by atoms with Crippen LogP contribution in [0.4, 0.5) is 5.69 Å². The van der Waals surface area contributed by atoms with Crippen molar-refractivity contribution >= 4 is 5.69 Å². The van der Waals surface area contributed by atoms with Crippen LogP contribution in [0.5, 0.6) is 0 Å². The summed E-state index contributed by atoms with van der Waals surface area (Å²) in [5.41, 5.74) is 2.66. The molecule has 2 rings (SSSR count). The molecule has 1 N–H and O–H groups in total. The molecule has 1 aliphatic carbocycles. The van der Waals surface area contributed by atoms with Crippen molar-refractivity contribution in [3.05, 3.63) is 29.8 Å². The Morgan fingerprint density at radius 3 is 2.80 bits per heavy atom. The molecule has 0 spiro atoms. The first kappa shape index (κ1) is 10.5. The Hall–Kier alpha value is -1.02. The van der Waals surface area contributed by atoms with E-state index < -0.39 is 0 Å². The largest absolute Gasteiger partial charge is 0.378 e. The minimum absolute atomic E-state index is 0.960. The van der Waals surface area contributed by atoms with Crippen LogP contribution in [0.2, 0.25) is 0 Å². The first-order valence-corrected chi connectivity index (χ1v) is 5.72. The summed E-state index contributed by atoms with van der Waals surface area (Å²) in [5.74, 6) is 0.960. The summed E-state index contributed by atoms with van der Waals surface area (Å²) in [6.45, 7) is 2.18. The predicted octanol–water partition coefficient (Wildman–Crippen LogP) is 2.25.